The molecule has 1 aromatic rings. The van der Waals surface area contributed by atoms with Gasteiger partial charge >= 0.3 is 11.8 Å². The van der Waals surface area contributed by atoms with Gasteiger partial charge in [-0.05, 0) is 18.8 Å². The van der Waals surface area contributed by atoms with E-state index >= 15 is 0 Å². The second-order valence-corrected chi connectivity index (χ2v) is 3.67. The lowest BCUT2D eigenvalue weighted by atomic mass is 10.3. The molecule has 1 heterocycles. The van der Waals surface area contributed by atoms with Crippen molar-refractivity contribution in [2.45, 2.75) is 26.4 Å². The van der Waals surface area contributed by atoms with Crippen LogP contribution in [-0.4, -0.2) is 39.2 Å². The first-order valence-corrected chi connectivity index (χ1v) is 5.58. The Morgan fingerprint density at radius 1 is 1.63 bits per heavy atom. The van der Waals surface area contributed by atoms with Crippen molar-refractivity contribution < 1.29 is 19.2 Å². The van der Waals surface area contributed by atoms with Crippen LogP contribution in [0.1, 0.15) is 13.8 Å². The standard InChI is InChI=1S/C10H14N4O5/c1-3-19-10(16)7(2)11-9(15)6-13-5-4-8(12-13)14(17)18/h4-5,7H,3,6H2,1-2H3,(H,11,15). The van der Waals surface area contributed by atoms with E-state index in [0.717, 1.165) is 4.68 Å². The maximum absolute atomic E-state index is 11.6. The van der Waals surface area contributed by atoms with Crippen molar-refractivity contribution in [3.8, 4) is 0 Å². The Morgan fingerprint density at radius 3 is 2.84 bits per heavy atom. The molecule has 1 N–H and O–H groups in total. The van der Waals surface area contributed by atoms with E-state index in [9.17, 15) is 19.7 Å². The van der Waals surface area contributed by atoms with Crippen LogP contribution in [0.4, 0.5) is 5.82 Å². The fourth-order valence-electron chi connectivity index (χ4n) is 1.30. The molecule has 1 unspecified atom stereocenters. The van der Waals surface area contributed by atoms with Gasteiger partial charge in [-0.3, -0.25) is 4.79 Å². The average molecular weight is 270 g/mol. The van der Waals surface area contributed by atoms with Crippen LogP contribution in [0.3, 0.4) is 0 Å². The first kappa shape index (κ1) is 14.6. The number of ether oxygens (including phenoxy) is 1. The molecule has 0 aliphatic rings. The zero-order valence-electron chi connectivity index (χ0n) is 10.5. The van der Waals surface area contributed by atoms with E-state index in [1.54, 1.807) is 6.92 Å². The Kier molecular flexibility index (Phi) is 4.98. The fourth-order valence-corrected chi connectivity index (χ4v) is 1.30. The van der Waals surface area contributed by atoms with E-state index in [-0.39, 0.29) is 19.0 Å². The number of nitrogens with one attached hydrogen (secondary N) is 1. The first-order valence-electron chi connectivity index (χ1n) is 5.58. The number of nitro groups is 1. The predicted octanol–water partition coefficient (Wildman–Crippen LogP) is -0.141. The lowest BCUT2D eigenvalue weighted by Gasteiger charge is -2.11. The average Bonchev–Trinajstić information content (AvgIpc) is 2.77. The Labute approximate surface area is 108 Å². The number of carbonyl (C=O) groups is 2. The molecule has 1 amide bonds. The summed E-state index contributed by atoms with van der Waals surface area (Å²) in [6.45, 7) is 3.17. The molecule has 1 aromatic heterocycles. The highest BCUT2D eigenvalue weighted by Gasteiger charge is 2.18. The van der Waals surface area contributed by atoms with Crippen LogP contribution >= 0.6 is 0 Å². The Balaban J connectivity index is 2.50. The number of hydrogen-bond acceptors (Lipinski definition) is 6. The smallest absolute Gasteiger partial charge is 0.389 e. The molecule has 1 atom stereocenters. The zero-order chi connectivity index (χ0) is 14.4. The van der Waals surface area contributed by atoms with E-state index in [2.05, 4.69) is 10.4 Å². The third kappa shape index (κ3) is 4.37. The molecule has 0 aliphatic carbocycles. The van der Waals surface area contributed by atoms with Gasteiger partial charge in [0.05, 0.1) is 24.0 Å². The lowest BCUT2D eigenvalue weighted by Crippen LogP contribution is -2.41. The summed E-state index contributed by atoms with van der Waals surface area (Å²) in [5.74, 6) is -1.37. The maximum Gasteiger partial charge on any atom is 0.389 e. The molecule has 9 heteroatoms. The Hall–Kier alpha value is -2.45. The van der Waals surface area contributed by atoms with Gasteiger partial charge in [0, 0.05) is 0 Å². The summed E-state index contributed by atoms with van der Waals surface area (Å²) >= 11 is 0. The van der Waals surface area contributed by atoms with Gasteiger partial charge in [-0.25, -0.2) is 4.79 Å². The van der Waals surface area contributed by atoms with Crippen molar-refractivity contribution in [2.75, 3.05) is 6.61 Å². The van der Waals surface area contributed by atoms with Gasteiger partial charge in [-0.15, -0.1) is 0 Å². The summed E-state index contributed by atoms with van der Waals surface area (Å²) in [6.07, 6.45) is 1.31. The SMILES string of the molecule is CCOC(=O)C(C)NC(=O)Cn1ccc([N+](=O)[O-])n1. The summed E-state index contributed by atoms with van der Waals surface area (Å²) in [5.41, 5.74) is 0. The first-order chi connectivity index (χ1) is 8.93. The maximum atomic E-state index is 11.6. The number of hydrogen-bond donors (Lipinski definition) is 1. The van der Waals surface area contributed by atoms with E-state index in [1.165, 1.54) is 19.2 Å². The van der Waals surface area contributed by atoms with Gasteiger partial charge in [-0.1, -0.05) is 0 Å². The molecule has 0 bridgehead atoms. The molecule has 9 nitrogen and oxygen atoms in total. The predicted molar refractivity (Wildman–Crippen MR) is 63.1 cm³/mol. The summed E-state index contributed by atoms with van der Waals surface area (Å²) in [6, 6.07) is 0.403. The van der Waals surface area contributed by atoms with E-state index in [4.69, 9.17) is 4.74 Å². The van der Waals surface area contributed by atoms with Crippen LogP contribution < -0.4 is 5.32 Å². The molecule has 0 saturated heterocycles. The largest absolute Gasteiger partial charge is 0.464 e. The number of rotatable bonds is 6. The fraction of sp³-hybridized carbons (Fsp3) is 0.500. The molecule has 0 aliphatic heterocycles. The summed E-state index contributed by atoms with van der Waals surface area (Å²) < 4.78 is 5.84. The molecule has 1 rings (SSSR count). The highest BCUT2D eigenvalue weighted by molar-refractivity contribution is 5.83. The molecular formula is C10H14N4O5. The second kappa shape index (κ2) is 6.47. The van der Waals surface area contributed by atoms with Gasteiger partial charge in [0.25, 0.3) is 0 Å². The highest BCUT2D eigenvalue weighted by Crippen LogP contribution is 2.04. The minimum absolute atomic E-state index is 0.211. The van der Waals surface area contributed by atoms with E-state index < -0.39 is 22.8 Å². The molecule has 0 saturated carbocycles. The van der Waals surface area contributed by atoms with Crippen molar-refractivity contribution in [3.63, 3.8) is 0 Å². The lowest BCUT2D eigenvalue weighted by molar-refractivity contribution is -0.389. The van der Waals surface area contributed by atoms with Crippen LogP contribution in [0, 0.1) is 10.1 Å². The number of nitrogens with zero attached hydrogens (tertiary/aromatic N) is 3. The molecule has 0 radical (unpaired) electrons. The highest BCUT2D eigenvalue weighted by atomic mass is 16.6. The summed E-state index contributed by atoms with van der Waals surface area (Å²) in [4.78, 5) is 32.6. The van der Waals surface area contributed by atoms with E-state index in [1.807, 2.05) is 0 Å². The summed E-state index contributed by atoms with van der Waals surface area (Å²) in [5, 5.41) is 16.4. The van der Waals surface area contributed by atoms with Gasteiger partial charge in [0.1, 0.15) is 12.6 Å². The quantitative estimate of drug-likeness (QED) is 0.437. The van der Waals surface area contributed by atoms with Gasteiger partial charge in [-0.2, -0.15) is 4.68 Å². The third-order valence-electron chi connectivity index (χ3n) is 2.14. The minimum Gasteiger partial charge on any atom is -0.464 e. The monoisotopic (exact) mass is 270 g/mol. The van der Waals surface area contributed by atoms with Crippen molar-refractivity contribution in [1.29, 1.82) is 0 Å². The van der Waals surface area contributed by atoms with Crippen LogP contribution in [0.5, 0.6) is 0 Å². The third-order valence-corrected chi connectivity index (χ3v) is 2.14. The Morgan fingerprint density at radius 2 is 2.32 bits per heavy atom. The summed E-state index contributed by atoms with van der Waals surface area (Å²) in [7, 11) is 0. The second-order valence-electron chi connectivity index (χ2n) is 3.67. The van der Waals surface area contributed by atoms with Gasteiger partial charge in [0.2, 0.25) is 5.91 Å². The minimum atomic E-state index is -0.780. The topological polar surface area (TPSA) is 116 Å². The van der Waals surface area contributed by atoms with Gasteiger partial charge in [0.15, 0.2) is 0 Å². The van der Waals surface area contributed by atoms with Crippen LogP contribution in [-0.2, 0) is 20.9 Å². The van der Waals surface area contributed by atoms with Crippen LogP contribution in [0.2, 0.25) is 0 Å². The van der Waals surface area contributed by atoms with Gasteiger partial charge < -0.3 is 20.2 Å². The van der Waals surface area contributed by atoms with Crippen molar-refractivity contribution in [2.24, 2.45) is 0 Å². The molecule has 0 spiro atoms. The number of aromatic nitrogens is 2. The Bertz CT molecular complexity index is 484. The normalized spacial score (nSPS) is 11.7. The molecule has 104 valence electrons. The molecule has 0 fully saturated rings. The van der Waals surface area contributed by atoms with Crippen molar-refractivity contribution in [1.82, 2.24) is 15.1 Å². The number of amides is 1. The molecular weight excluding hydrogens is 256 g/mol. The molecule has 0 aromatic carbocycles. The van der Waals surface area contributed by atoms with Crippen LogP contribution in [0.15, 0.2) is 12.3 Å². The number of carbonyl (C=O) groups excluding carboxylic acids is 2. The van der Waals surface area contributed by atoms with Crippen molar-refractivity contribution in [3.05, 3.63) is 22.4 Å². The molecule has 19 heavy (non-hydrogen) atoms. The van der Waals surface area contributed by atoms with E-state index in [0.29, 0.717) is 0 Å². The van der Waals surface area contributed by atoms with Crippen LogP contribution in [0.25, 0.3) is 0 Å². The van der Waals surface area contributed by atoms with Crippen molar-refractivity contribution >= 4 is 17.7 Å². The number of esters is 1. The zero-order valence-corrected chi connectivity index (χ0v) is 10.5.